The van der Waals surface area contributed by atoms with Crippen molar-refractivity contribution in [3.63, 3.8) is 0 Å². The third-order valence-corrected chi connectivity index (χ3v) is 9.05. The predicted octanol–water partition coefficient (Wildman–Crippen LogP) is 6.30. The van der Waals surface area contributed by atoms with Gasteiger partial charge in [0.25, 0.3) is 0 Å². The topological polar surface area (TPSA) is 44.8 Å². The van der Waals surface area contributed by atoms with Gasteiger partial charge in [0.05, 0.1) is 18.7 Å². The Kier molecular flexibility index (Phi) is 8.54. The van der Waals surface area contributed by atoms with E-state index in [4.69, 9.17) is 17.0 Å². The number of aryl methyl sites for hydroxylation is 1. The zero-order valence-corrected chi connectivity index (χ0v) is 23.1. The van der Waals surface area contributed by atoms with Crippen LogP contribution in [-0.4, -0.2) is 54.2 Å². The minimum absolute atomic E-state index is 0.217. The minimum Gasteiger partial charge on any atom is -0.465 e. The summed E-state index contributed by atoms with van der Waals surface area (Å²) in [5.74, 6) is -0.262. The lowest BCUT2D eigenvalue weighted by molar-refractivity contribution is 0.0601. The number of carbonyl (C=O) groups is 1. The molecule has 1 N–H and O–H groups in total. The maximum Gasteiger partial charge on any atom is 0.341 e. The number of nitrogens with one attached hydrogen (secondary N) is 1. The molecule has 37 heavy (non-hydrogen) atoms. The number of thiocarbonyl (C=S) groups is 1. The maximum atomic E-state index is 12.8. The van der Waals surface area contributed by atoms with Crippen molar-refractivity contribution in [3.8, 4) is 0 Å². The predicted molar refractivity (Wildman–Crippen MR) is 156 cm³/mol. The van der Waals surface area contributed by atoms with Crippen LogP contribution < -0.4 is 5.32 Å². The minimum atomic E-state index is -0.262. The van der Waals surface area contributed by atoms with E-state index in [1.807, 2.05) is 0 Å². The quantitative estimate of drug-likeness (QED) is 0.307. The number of piperazine rings is 1. The number of methoxy groups -OCH3 is 1. The molecule has 1 aliphatic heterocycles. The summed E-state index contributed by atoms with van der Waals surface area (Å²) in [5, 5.41) is 4.99. The average molecular weight is 534 g/mol. The van der Waals surface area contributed by atoms with Gasteiger partial charge in [-0.15, -0.1) is 11.3 Å². The molecule has 1 saturated heterocycles. The number of carbonyl (C=O) groups excluding carboxylic acids is 1. The van der Waals surface area contributed by atoms with Gasteiger partial charge in [0.2, 0.25) is 0 Å². The lowest BCUT2D eigenvalue weighted by atomic mass is 9.96. The van der Waals surface area contributed by atoms with Crippen LogP contribution in [0.15, 0.2) is 60.7 Å². The highest BCUT2D eigenvalue weighted by molar-refractivity contribution is 7.80. The summed E-state index contributed by atoms with van der Waals surface area (Å²) in [6.45, 7) is 3.48. The Bertz CT molecular complexity index is 1160. The van der Waals surface area contributed by atoms with Gasteiger partial charge in [-0.1, -0.05) is 73.5 Å². The first kappa shape index (κ1) is 25.9. The molecular weight excluding hydrogens is 498 g/mol. The Morgan fingerprint density at radius 3 is 2.08 bits per heavy atom. The van der Waals surface area contributed by atoms with Crippen LogP contribution in [0.25, 0.3) is 0 Å². The van der Waals surface area contributed by atoms with Crippen molar-refractivity contribution in [3.05, 3.63) is 87.8 Å². The average Bonchev–Trinajstić information content (AvgIpc) is 3.25. The standard InChI is InChI=1S/C30H35N3O2S2/c1-35-29(34)26-24-16-10-2-3-11-17-25(24)37-28(26)31-30(36)33-20-18-32(19-21-33)27(22-12-6-4-7-13-22)23-14-8-5-9-15-23/h4-9,12-15,27H,2-3,10-11,16-21H2,1H3,(H,31,36). The van der Waals surface area contributed by atoms with Gasteiger partial charge >= 0.3 is 5.97 Å². The van der Waals surface area contributed by atoms with Crippen LogP contribution in [-0.2, 0) is 17.6 Å². The largest absolute Gasteiger partial charge is 0.465 e. The lowest BCUT2D eigenvalue weighted by Crippen LogP contribution is -2.51. The van der Waals surface area contributed by atoms with E-state index >= 15 is 0 Å². The number of ether oxygens (including phenoxy) is 1. The molecule has 7 heteroatoms. The van der Waals surface area contributed by atoms with E-state index in [0.717, 1.165) is 50.4 Å². The number of hydrogen-bond acceptors (Lipinski definition) is 5. The van der Waals surface area contributed by atoms with Crippen molar-refractivity contribution in [2.24, 2.45) is 0 Å². The van der Waals surface area contributed by atoms with E-state index in [1.165, 1.54) is 47.9 Å². The summed E-state index contributed by atoms with van der Waals surface area (Å²) in [7, 11) is 1.46. The molecular formula is C30H35N3O2S2. The fourth-order valence-electron chi connectivity index (χ4n) is 5.57. The zero-order valence-electron chi connectivity index (χ0n) is 21.4. The van der Waals surface area contributed by atoms with Crippen molar-refractivity contribution in [2.45, 2.75) is 44.6 Å². The van der Waals surface area contributed by atoms with E-state index in [-0.39, 0.29) is 12.0 Å². The molecule has 2 aromatic carbocycles. The Balaban J connectivity index is 1.30. The second-order valence-corrected chi connectivity index (χ2v) is 11.3. The first-order valence-corrected chi connectivity index (χ1v) is 14.5. The fraction of sp³-hybridized carbons (Fsp3) is 0.400. The Labute approximate surface area is 229 Å². The molecule has 0 spiro atoms. The smallest absolute Gasteiger partial charge is 0.341 e. The highest BCUT2D eigenvalue weighted by atomic mass is 32.1. The molecule has 0 amide bonds. The van der Waals surface area contributed by atoms with Gasteiger partial charge in [0.1, 0.15) is 5.00 Å². The van der Waals surface area contributed by atoms with E-state index in [0.29, 0.717) is 10.7 Å². The SMILES string of the molecule is COC(=O)c1c(NC(=S)N2CCN(C(c3ccccc3)c3ccccc3)CC2)sc2c1CCCCCC2. The molecule has 194 valence electrons. The second-order valence-electron chi connectivity index (χ2n) is 9.79. The first-order chi connectivity index (χ1) is 18.2. The Morgan fingerprint density at radius 1 is 0.892 bits per heavy atom. The van der Waals surface area contributed by atoms with E-state index < -0.39 is 0 Å². The van der Waals surface area contributed by atoms with Gasteiger partial charge in [-0.3, -0.25) is 4.90 Å². The molecule has 3 aromatic rings. The summed E-state index contributed by atoms with van der Waals surface area (Å²) >= 11 is 7.56. The highest BCUT2D eigenvalue weighted by Crippen LogP contribution is 2.38. The summed E-state index contributed by atoms with van der Waals surface area (Å²) < 4.78 is 5.19. The second kappa shape index (κ2) is 12.2. The molecule has 2 aliphatic rings. The van der Waals surface area contributed by atoms with Crippen LogP contribution in [0.5, 0.6) is 0 Å². The number of esters is 1. The van der Waals surface area contributed by atoms with Gasteiger partial charge < -0.3 is 15.0 Å². The fourth-order valence-corrected chi connectivity index (χ4v) is 7.20. The first-order valence-electron chi connectivity index (χ1n) is 13.3. The van der Waals surface area contributed by atoms with E-state index in [2.05, 4.69) is 75.8 Å². The van der Waals surface area contributed by atoms with Gasteiger partial charge in [0, 0.05) is 31.1 Å². The van der Waals surface area contributed by atoms with Gasteiger partial charge in [-0.2, -0.15) is 0 Å². The van der Waals surface area contributed by atoms with Crippen molar-refractivity contribution < 1.29 is 9.53 Å². The molecule has 1 aliphatic carbocycles. The molecule has 5 nitrogen and oxygen atoms in total. The number of fused-ring (bicyclic) bond motifs is 1. The summed E-state index contributed by atoms with van der Waals surface area (Å²) in [6, 6.07) is 21.7. The van der Waals surface area contributed by atoms with Gasteiger partial charge in [0.15, 0.2) is 5.11 Å². The number of anilines is 1. The van der Waals surface area contributed by atoms with Crippen molar-refractivity contribution in [1.82, 2.24) is 9.80 Å². The number of nitrogens with zero attached hydrogens (tertiary/aromatic N) is 2. The van der Waals surface area contributed by atoms with Crippen molar-refractivity contribution in [2.75, 3.05) is 38.6 Å². The van der Waals surface area contributed by atoms with Gasteiger partial charge in [-0.05, 0) is 54.6 Å². The van der Waals surface area contributed by atoms with Crippen LogP contribution in [0.2, 0.25) is 0 Å². The molecule has 0 radical (unpaired) electrons. The van der Waals surface area contributed by atoms with Crippen LogP contribution in [0.3, 0.4) is 0 Å². The third kappa shape index (κ3) is 5.89. The molecule has 0 unspecified atom stereocenters. The number of thiophene rings is 1. The summed E-state index contributed by atoms with van der Waals surface area (Å²) in [5.41, 5.74) is 4.47. The molecule has 1 fully saturated rings. The molecule has 2 heterocycles. The number of benzene rings is 2. The molecule has 5 rings (SSSR count). The zero-order chi connectivity index (χ0) is 25.6. The van der Waals surface area contributed by atoms with Crippen molar-refractivity contribution in [1.29, 1.82) is 0 Å². The van der Waals surface area contributed by atoms with Crippen LogP contribution >= 0.6 is 23.6 Å². The summed E-state index contributed by atoms with van der Waals surface area (Å²) in [4.78, 5) is 18.9. The normalized spacial score (nSPS) is 16.5. The molecule has 0 atom stereocenters. The molecule has 0 bridgehead atoms. The lowest BCUT2D eigenvalue weighted by Gasteiger charge is -2.40. The summed E-state index contributed by atoms with van der Waals surface area (Å²) in [6.07, 6.45) is 6.71. The van der Waals surface area contributed by atoms with Crippen molar-refractivity contribution >= 4 is 39.6 Å². The number of rotatable bonds is 5. The molecule has 0 saturated carbocycles. The van der Waals surface area contributed by atoms with Crippen LogP contribution in [0.4, 0.5) is 5.00 Å². The monoisotopic (exact) mass is 533 g/mol. The van der Waals surface area contributed by atoms with E-state index in [9.17, 15) is 4.79 Å². The Morgan fingerprint density at radius 2 is 1.49 bits per heavy atom. The maximum absolute atomic E-state index is 12.8. The third-order valence-electron chi connectivity index (χ3n) is 7.48. The number of hydrogen-bond donors (Lipinski definition) is 1. The van der Waals surface area contributed by atoms with Crippen LogP contribution in [0.1, 0.15) is 63.7 Å². The van der Waals surface area contributed by atoms with E-state index in [1.54, 1.807) is 11.3 Å². The highest BCUT2D eigenvalue weighted by Gasteiger charge is 2.29. The van der Waals surface area contributed by atoms with Gasteiger partial charge in [-0.25, -0.2) is 4.79 Å². The Hall–Kier alpha value is -2.74. The molecule has 1 aromatic heterocycles. The van der Waals surface area contributed by atoms with Crippen LogP contribution in [0, 0.1) is 0 Å².